The van der Waals surface area contributed by atoms with Gasteiger partial charge in [0, 0.05) is 22.5 Å². The SMILES string of the molecule is O=C(NNC(=O)c1n[nH]c(=O)c2ccccc12)c1c[nH]c2ccccc12. The van der Waals surface area contributed by atoms with Gasteiger partial charge in [0.2, 0.25) is 0 Å². The van der Waals surface area contributed by atoms with Gasteiger partial charge in [-0.05, 0) is 12.1 Å². The summed E-state index contributed by atoms with van der Waals surface area (Å²) in [7, 11) is 0. The molecule has 2 aromatic carbocycles. The highest BCUT2D eigenvalue weighted by Gasteiger charge is 2.16. The third-order valence-electron chi connectivity index (χ3n) is 4.03. The summed E-state index contributed by atoms with van der Waals surface area (Å²) in [5, 5.41) is 7.55. The lowest BCUT2D eigenvalue weighted by Crippen LogP contribution is -2.42. The molecular formula is C18H13N5O3. The Bertz CT molecular complexity index is 1210. The number of hydrazine groups is 1. The first-order chi connectivity index (χ1) is 12.6. The molecule has 4 aromatic rings. The molecule has 0 unspecified atom stereocenters. The molecule has 2 aromatic heterocycles. The molecule has 0 spiro atoms. The van der Waals surface area contributed by atoms with Crippen molar-refractivity contribution in [2.45, 2.75) is 0 Å². The Labute approximate surface area is 146 Å². The number of carbonyl (C=O) groups is 2. The molecular weight excluding hydrogens is 334 g/mol. The highest BCUT2D eigenvalue weighted by atomic mass is 16.2. The molecule has 0 saturated carbocycles. The lowest BCUT2D eigenvalue weighted by molar-refractivity contribution is 0.0845. The molecule has 4 N–H and O–H groups in total. The number of amides is 2. The molecule has 26 heavy (non-hydrogen) atoms. The lowest BCUT2D eigenvalue weighted by atomic mass is 10.1. The van der Waals surface area contributed by atoms with Crippen LogP contribution in [-0.2, 0) is 0 Å². The summed E-state index contributed by atoms with van der Waals surface area (Å²) in [4.78, 5) is 39.5. The van der Waals surface area contributed by atoms with Gasteiger partial charge in [0.1, 0.15) is 0 Å². The first kappa shape index (κ1) is 15.6. The Morgan fingerprint density at radius 2 is 1.50 bits per heavy atom. The van der Waals surface area contributed by atoms with Gasteiger partial charge in [0.15, 0.2) is 5.69 Å². The van der Waals surface area contributed by atoms with Crippen LogP contribution in [0.5, 0.6) is 0 Å². The molecule has 0 saturated heterocycles. The number of aromatic nitrogens is 3. The first-order valence-corrected chi connectivity index (χ1v) is 7.79. The van der Waals surface area contributed by atoms with E-state index in [-0.39, 0.29) is 11.3 Å². The fourth-order valence-electron chi connectivity index (χ4n) is 2.79. The standard InChI is InChI=1S/C18H13N5O3/c24-16-12-7-2-1-6-11(12)15(20-21-16)18(26)23-22-17(25)13-9-19-14-8-4-3-5-10(13)14/h1-9,19H,(H,21,24)(H,22,25)(H,23,26). The molecule has 8 heteroatoms. The highest BCUT2D eigenvalue weighted by molar-refractivity contribution is 6.09. The zero-order chi connectivity index (χ0) is 18.1. The van der Waals surface area contributed by atoms with Crippen molar-refractivity contribution in [3.8, 4) is 0 Å². The normalized spacial score (nSPS) is 10.8. The molecule has 0 aliphatic rings. The maximum atomic E-state index is 12.4. The van der Waals surface area contributed by atoms with Crippen molar-refractivity contribution in [2.75, 3.05) is 0 Å². The van der Waals surface area contributed by atoms with Gasteiger partial charge in [-0.1, -0.05) is 36.4 Å². The van der Waals surface area contributed by atoms with Crippen LogP contribution in [0.15, 0.2) is 59.5 Å². The molecule has 0 radical (unpaired) electrons. The summed E-state index contributed by atoms with van der Waals surface area (Å²) in [5.41, 5.74) is 5.54. The number of para-hydroxylation sites is 1. The quantitative estimate of drug-likeness (QED) is 0.411. The molecule has 4 rings (SSSR count). The van der Waals surface area contributed by atoms with E-state index in [2.05, 4.69) is 26.0 Å². The van der Waals surface area contributed by atoms with Crippen molar-refractivity contribution < 1.29 is 9.59 Å². The summed E-state index contributed by atoms with van der Waals surface area (Å²) in [6, 6.07) is 13.9. The van der Waals surface area contributed by atoms with Gasteiger partial charge in [0.25, 0.3) is 17.4 Å². The summed E-state index contributed by atoms with van der Waals surface area (Å²) in [6.07, 6.45) is 1.57. The number of carbonyl (C=O) groups excluding carboxylic acids is 2. The van der Waals surface area contributed by atoms with Gasteiger partial charge in [-0.25, -0.2) is 5.10 Å². The summed E-state index contributed by atoms with van der Waals surface area (Å²) >= 11 is 0. The van der Waals surface area contributed by atoms with E-state index in [4.69, 9.17) is 0 Å². The number of nitrogens with zero attached hydrogens (tertiary/aromatic N) is 1. The Balaban J connectivity index is 1.57. The average Bonchev–Trinajstić information content (AvgIpc) is 3.10. The van der Waals surface area contributed by atoms with Gasteiger partial charge in [-0.15, -0.1) is 0 Å². The highest BCUT2D eigenvalue weighted by Crippen LogP contribution is 2.17. The van der Waals surface area contributed by atoms with Crippen LogP contribution in [0, 0.1) is 0 Å². The molecule has 128 valence electrons. The van der Waals surface area contributed by atoms with Crippen LogP contribution < -0.4 is 16.4 Å². The molecule has 2 heterocycles. The minimum Gasteiger partial charge on any atom is -0.360 e. The Kier molecular flexibility index (Phi) is 3.70. The van der Waals surface area contributed by atoms with Crippen LogP contribution in [-0.4, -0.2) is 27.0 Å². The maximum Gasteiger partial charge on any atom is 0.290 e. The van der Waals surface area contributed by atoms with E-state index < -0.39 is 11.8 Å². The van der Waals surface area contributed by atoms with E-state index in [0.717, 1.165) is 10.9 Å². The van der Waals surface area contributed by atoms with E-state index in [1.165, 1.54) is 0 Å². The number of rotatable bonds is 2. The fraction of sp³-hybridized carbons (Fsp3) is 0. The molecule has 2 amide bonds. The van der Waals surface area contributed by atoms with E-state index >= 15 is 0 Å². The summed E-state index contributed by atoms with van der Waals surface area (Å²) in [5.74, 6) is -1.10. The monoisotopic (exact) mass is 347 g/mol. The number of H-pyrrole nitrogens is 2. The second kappa shape index (κ2) is 6.17. The van der Waals surface area contributed by atoms with Crippen molar-refractivity contribution in [2.24, 2.45) is 0 Å². The minimum absolute atomic E-state index is 0.0134. The van der Waals surface area contributed by atoms with Crippen LogP contribution >= 0.6 is 0 Å². The van der Waals surface area contributed by atoms with E-state index in [0.29, 0.717) is 16.3 Å². The molecule has 8 nitrogen and oxygen atoms in total. The van der Waals surface area contributed by atoms with Crippen LogP contribution in [0.25, 0.3) is 21.7 Å². The van der Waals surface area contributed by atoms with Crippen molar-refractivity contribution in [3.63, 3.8) is 0 Å². The van der Waals surface area contributed by atoms with Crippen molar-refractivity contribution in [1.29, 1.82) is 0 Å². The maximum absolute atomic E-state index is 12.4. The smallest absolute Gasteiger partial charge is 0.290 e. The predicted molar refractivity (Wildman–Crippen MR) is 95.6 cm³/mol. The number of hydrogen-bond acceptors (Lipinski definition) is 4. The van der Waals surface area contributed by atoms with Gasteiger partial charge in [0.05, 0.1) is 10.9 Å². The largest absolute Gasteiger partial charge is 0.360 e. The Morgan fingerprint density at radius 1 is 0.846 bits per heavy atom. The van der Waals surface area contributed by atoms with Crippen LogP contribution in [0.4, 0.5) is 0 Å². The zero-order valence-corrected chi connectivity index (χ0v) is 13.4. The third-order valence-corrected chi connectivity index (χ3v) is 4.03. The first-order valence-electron chi connectivity index (χ1n) is 7.79. The fourth-order valence-corrected chi connectivity index (χ4v) is 2.79. The number of fused-ring (bicyclic) bond motifs is 2. The molecule has 0 fully saturated rings. The Morgan fingerprint density at radius 3 is 2.31 bits per heavy atom. The molecule has 0 aliphatic carbocycles. The van der Waals surface area contributed by atoms with Gasteiger partial charge >= 0.3 is 0 Å². The van der Waals surface area contributed by atoms with Crippen molar-refractivity contribution in [1.82, 2.24) is 26.0 Å². The molecule has 0 bridgehead atoms. The topological polar surface area (TPSA) is 120 Å². The zero-order valence-electron chi connectivity index (χ0n) is 13.4. The average molecular weight is 347 g/mol. The molecule has 0 atom stereocenters. The lowest BCUT2D eigenvalue weighted by Gasteiger charge is -2.08. The second-order valence-electron chi connectivity index (χ2n) is 5.60. The summed E-state index contributed by atoms with van der Waals surface area (Å²) < 4.78 is 0. The van der Waals surface area contributed by atoms with Crippen molar-refractivity contribution >= 4 is 33.5 Å². The number of benzene rings is 2. The van der Waals surface area contributed by atoms with Crippen LogP contribution in [0.3, 0.4) is 0 Å². The van der Waals surface area contributed by atoms with Crippen molar-refractivity contribution in [3.05, 3.63) is 76.3 Å². The Hall–Kier alpha value is -3.94. The van der Waals surface area contributed by atoms with Gasteiger partial charge < -0.3 is 4.98 Å². The second-order valence-corrected chi connectivity index (χ2v) is 5.60. The predicted octanol–water partition coefficient (Wildman–Crippen LogP) is 1.48. The molecule has 0 aliphatic heterocycles. The van der Waals surface area contributed by atoms with E-state index in [1.54, 1.807) is 36.5 Å². The number of aromatic amines is 2. The van der Waals surface area contributed by atoms with E-state index in [1.807, 2.05) is 18.2 Å². The van der Waals surface area contributed by atoms with Gasteiger partial charge in [-0.2, -0.15) is 5.10 Å². The summed E-state index contributed by atoms with van der Waals surface area (Å²) in [6.45, 7) is 0. The van der Waals surface area contributed by atoms with Crippen LogP contribution in [0.1, 0.15) is 20.8 Å². The van der Waals surface area contributed by atoms with Gasteiger partial charge in [-0.3, -0.25) is 25.2 Å². The van der Waals surface area contributed by atoms with Crippen LogP contribution in [0.2, 0.25) is 0 Å². The third kappa shape index (κ3) is 2.59. The van der Waals surface area contributed by atoms with E-state index in [9.17, 15) is 14.4 Å². The minimum atomic E-state index is -0.634. The number of hydrogen-bond donors (Lipinski definition) is 4. The number of nitrogens with one attached hydrogen (secondary N) is 4.